The van der Waals surface area contributed by atoms with E-state index in [-0.39, 0.29) is 11.8 Å². The van der Waals surface area contributed by atoms with E-state index in [1.54, 1.807) is 6.20 Å². The molecule has 5 nitrogen and oxygen atoms in total. The molecule has 0 radical (unpaired) electrons. The molecule has 0 saturated carbocycles. The molecule has 20 heavy (non-hydrogen) atoms. The first-order valence-electron chi connectivity index (χ1n) is 6.79. The number of aromatic nitrogens is 2. The number of rotatable bonds is 2. The number of hydrogen-bond acceptors (Lipinski definition) is 3. The van der Waals surface area contributed by atoms with Crippen LogP contribution in [0.2, 0.25) is 0 Å². The van der Waals surface area contributed by atoms with E-state index in [0.717, 1.165) is 24.5 Å². The number of benzene rings is 1. The van der Waals surface area contributed by atoms with Crippen molar-refractivity contribution >= 4 is 11.6 Å². The summed E-state index contributed by atoms with van der Waals surface area (Å²) < 4.78 is 2.09. The average Bonchev–Trinajstić information content (AvgIpc) is 2.93. The highest BCUT2D eigenvalue weighted by molar-refractivity contribution is 5.83. The lowest BCUT2D eigenvalue weighted by Gasteiger charge is -2.30. The minimum atomic E-state index is -0.181. The van der Waals surface area contributed by atoms with E-state index < -0.39 is 0 Å². The summed E-state index contributed by atoms with van der Waals surface area (Å²) in [6.45, 7) is 4.05. The summed E-state index contributed by atoms with van der Waals surface area (Å²) in [6.07, 6.45) is 3.74. The second kappa shape index (κ2) is 5.00. The molecule has 1 atom stereocenters. The molecule has 2 heterocycles. The predicted molar refractivity (Wildman–Crippen MR) is 76.9 cm³/mol. The van der Waals surface area contributed by atoms with Crippen LogP contribution in [0.3, 0.4) is 0 Å². The average molecular weight is 270 g/mol. The van der Waals surface area contributed by atoms with Crippen LogP contribution in [0.25, 0.3) is 0 Å². The molecule has 2 N–H and O–H groups in total. The van der Waals surface area contributed by atoms with Gasteiger partial charge in [-0.1, -0.05) is 12.1 Å². The number of imidazole rings is 1. The largest absolute Gasteiger partial charge is 0.399 e. The van der Waals surface area contributed by atoms with Crippen molar-refractivity contribution in [2.75, 3.05) is 12.3 Å². The first-order valence-corrected chi connectivity index (χ1v) is 6.79. The highest BCUT2D eigenvalue weighted by Crippen LogP contribution is 2.22. The summed E-state index contributed by atoms with van der Waals surface area (Å²) in [6, 6.07) is 7.53. The summed E-state index contributed by atoms with van der Waals surface area (Å²) >= 11 is 0. The number of carbonyl (C=O) groups is 1. The maximum Gasteiger partial charge on any atom is 0.230 e. The number of nitrogen functional groups attached to an aromatic ring is 1. The van der Waals surface area contributed by atoms with Crippen molar-refractivity contribution in [3.63, 3.8) is 0 Å². The zero-order valence-electron chi connectivity index (χ0n) is 11.5. The fourth-order valence-electron chi connectivity index (χ4n) is 2.61. The zero-order valence-corrected chi connectivity index (χ0v) is 11.5. The third-order valence-corrected chi connectivity index (χ3v) is 3.84. The van der Waals surface area contributed by atoms with Gasteiger partial charge in [-0.25, -0.2) is 4.98 Å². The zero-order chi connectivity index (χ0) is 14.1. The quantitative estimate of drug-likeness (QED) is 0.843. The number of fused-ring (bicyclic) bond motifs is 1. The van der Waals surface area contributed by atoms with Crippen molar-refractivity contribution in [1.82, 2.24) is 14.5 Å². The molecule has 1 amide bonds. The topological polar surface area (TPSA) is 64.2 Å². The summed E-state index contributed by atoms with van der Waals surface area (Å²) in [5.74, 6) is 0.897. The van der Waals surface area contributed by atoms with Crippen LogP contribution in [0.5, 0.6) is 0 Å². The van der Waals surface area contributed by atoms with Crippen LogP contribution in [0, 0.1) is 0 Å². The molecule has 0 bridgehead atoms. The third-order valence-electron chi connectivity index (χ3n) is 3.84. The second-order valence-corrected chi connectivity index (χ2v) is 5.19. The van der Waals surface area contributed by atoms with Crippen molar-refractivity contribution in [1.29, 1.82) is 0 Å². The standard InChI is InChI=1S/C15H18N4O/c1-11(12-3-2-4-13(16)9-12)15(20)19-8-7-18-6-5-17-14(18)10-19/h2-6,9,11H,7-8,10,16H2,1H3. The third kappa shape index (κ3) is 2.27. The number of nitrogens with zero attached hydrogens (tertiary/aromatic N) is 3. The number of nitrogens with two attached hydrogens (primary N) is 1. The first kappa shape index (κ1) is 12.7. The number of hydrogen-bond donors (Lipinski definition) is 1. The van der Waals surface area contributed by atoms with Gasteiger partial charge in [0, 0.05) is 31.2 Å². The molecule has 1 aromatic heterocycles. The van der Waals surface area contributed by atoms with Crippen molar-refractivity contribution in [2.24, 2.45) is 0 Å². The second-order valence-electron chi connectivity index (χ2n) is 5.19. The van der Waals surface area contributed by atoms with Gasteiger partial charge in [0.1, 0.15) is 5.82 Å². The molecule has 0 aliphatic carbocycles. The Morgan fingerprint density at radius 2 is 2.25 bits per heavy atom. The number of amides is 1. The van der Waals surface area contributed by atoms with Crippen LogP contribution in [0.4, 0.5) is 5.69 Å². The molecule has 1 aromatic carbocycles. The van der Waals surface area contributed by atoms with Crippen LogP contribution in [-0.4, -0.2) is 26.9 Å². The Labute approximate surface area is 118 Å². The van der Waals surface area contributed by atoms with Crippen molar-refractivity contribution in [2.45, 2.75) is 25.9 Å². The van der Waals surface area contributed by atoms with Gasteiger partial charge in [0.2, 0.25) is 5.91 Å². The highest BCUT2D eigenvalue weighted by Gasteiger charge is 2.26. The van der Waals surface area contributed by atoms with Crippen molar-refractivity contribution in [3.8, 4) is 0 Å². The van der Waals surface area contributed by atoms with Crippen molar-refractivity contribution < 1.29 is 4.79 Å². The van der Waals surface area contributed by atoms with Gasteiger partial charge >= 0.3 is 0 Å². The van der Waals surface area contributed by atoms with Gasteiger partial charge in [-0.3, -0.25) is 4.79 Å². The maximum absolute atomic E-state index is 12.6. The molecule has 1 unspecified atom stereocenters. The van der Waals surface area contributed by atoms with Crippen LogP contribution >= 0.6 is 0 Å². The van der Waals surface area contributed by atoms with Crippen LogP contribution in [-0.2, 0) is 17.9 Å². The Kier molecular flexibility index (Phi) is 3.18. The van der Waals surface area contributed by atoms with E-state index in [2.05, 4.69) is 9.55 Å². The van der Waals surface area contributed by atoms with E-state index in [4.69, 9.17) is 5.73 Å². The van der Waals surface area contributed by atoms with E-state index >= 15 is 0 Å². The molecule has 5 heteroatoms. The van der Waals surface area contributed by atoms with E-state index in [0.29, 0.717) is 12.2 Å². The van der Waals surface area contributed by atoms with E-state index in [1.165, 1.54) is 0 Å². The lowest BCUT2D eigenvalue weighted by molar-refractivity contribution is -0.134. The van der Waals surface area contributed by atoms with Gasteiger partial charge in [0.05, 0.1) is 12.5 Å². The Hall–Kier alpha value is -2.30. The Morgan fingerprint density at radius 3 is 3.05 bits per heavy atom. The maximum atomic E-state index is 12.6. The number of carbonyl (C=O) groups excluding carboxylic acids is 1. The molecule has 1 aliphatic rings. The first-order chi connectivity index (χ1) is 9.65. The molecule has 3 rings (SSSR count). The molecular formula is C15H18N4O. The summed E-state index contributed by atoms with van der Waals surface area (Å²) in [7, 11) is 0. The summed E-state index contributed by atoms with van der Waals surface area (Å²) in [4.78, 5) is 18.7. The lowest BCUT2D eigenvalue weighted by atomic mass is 9.99. The Bertz CT molecular complexity index is 634. The fraction of sp³-hybridized carbons (Fsp3) is 0.333. The van der Waals surface area contributed by atoms with Crippen LogP contribution in [0.1, 0.15) is 24.2 Å². The normalized spacial score (nSPS) is 15.8. The smallest absolute Gasteiger partial charge is 0.230 e. The van der Waals surface area contributed by atoms with Crippen molar-refractivity contribution in [3.05, 3.63) is 48.0 Å². The van der Waals surface area contributed by atoms with Gasteiger partial charge in [-0.2, -0.15) is 0 Å². The highest BCUT2D eigenvalue weighted by atomic mass is 16.2. The van der Waals surface area contributed by atoms with Gasteiger partial charge in [-0.15, -0.1) is 0 Å². The minimum Gasteiger partial charge on any atom is -0.399 e. The molecular weight excluding hydrogens is 252 g/mol. The number of anilines is 1. The van der Waals surface area contributed by atoms with Gasteiger partial charge in [-0.05, 0) is 24.6 Å². The van der Waals surface area contributed by atoms with Gasteiger partial charge in [0.15, 0.2) is 0 Å². The minimum absolute atomic E-state index is 0.129. The molecule has 0 spiro atoms. The van der Waals surface area contributed by atoms with Gasteiger partial charge in [0.25, 0.3) is 0 Å². The van der Waals surface area contributed by atoms with E-state index in [9.17, 15) is 4.79 Å². The molecule has 2 aromatic rings. The van der Waals surface area contributed by atoms with Crippen LogP contribution < -0.4 is 5.73 Å². The summed E-state index contributed by atoms with van der Waals surface area (Å²) in [5, 5.41) is 0. The Morgan fingerprint density at radius 1 is 1.40 bits per heavy atom. The molecule has 0 fully saturated rings. The monoisotopic (exact) mass is 270 g/mol. The van der Waals surface area contributed by atoms with Crippen LogP contribution in [0.15, 0.2) is 36.7 Å². The molecule has 104 valence electrons. The Balaban J connectivity index is 1.76. The van der Waals surface area contributed by atoms with Gasteiger partial charge < -0.3 is 15.2 Å². The SMILES string of the molecule is CC(C(=O)N1CCn2ccnc2C1)c1cccc(N)c1. The fourth-order valence-corrected chi connectivity index (χ4v) is 2.61. The lowest BCUT2D eigenvalue weighted by Crippen LogP contribution is -2.40. The van der Waals surface area contributed by atoms with E-state index in [1.807, 2.05) is 42.3 Å². The molecule has 0 saturated heterocycles. The predicted octanol–water partition coefficient (Wildman–Crippen LogP) is 1.61. The summed E-state index contributed by atoms with van der Waals surface area (Å²) in [5.41, 5.74) is 7.44. The molecule has 1 aliphatic heterocycles.